The molecular weight excluding hydrogens is 516 g/mol. The summed E-state index contributed by atoms with van der Waals surface area (Å²) in [6, 6.07) is -5.87. The first-order chi connectivity index (χ1) is 16.9. The van der Waals surface area contributed by atoms with Crippen LogP contribution in [0.1, 0.15) is 19.8 Å². The molecule has 3 unspecified atom stereocenters. The number of amides is 5. The minimum absolute atomic E-state index is 0.0391. The summed E-state index contributed by atoms with van der Waals surface area (Å²) in [5.41, 5.74) is 5.24. The van der Waals surface area contributed by atoms with Crippen LogP contribution in [-0.4, -0.2) is 113 Å². The zero-order valence-corrected chi connectivity index (χ0v) is 21.9. The minimum Gasteiger partial charge on any atom is -0.480 e. The first-order valence-electron chi connectivity index (χ1n) is 11.1. The molecule has 36 heavy (non-hydrogen) atoms. The molecule has 0 aliphatic carbocycles. The highest BCUT2D eigenvalue weighted by molar-refractivity contribution is 8.00. The Balaban J connectivity index is 3.41. The highest BCUT2D eigenvalue weighted by atomic mass is 32.2. The smallest absolute Gasteiger partial charge is 0.318 e. The first kappa shape index (κ1) is 31.5. The highest BCUT2D eigenvalue weighted by Crippen LogP contribution is 2.21. The van der Waals surface area contributed by atoms with Gasteiger partial charge in [-0.15, -0.1) is 11.8 Å². The van der Waals surface area contributed by atoms with Crippen molar-refractivity contribution in [2.75, 3.05) is 31.4 Å². The van der Waals surface area contributed by atoms with Gasteiger partial charge in [0, 0.05) is 5.75 Å². The number of rotatable bonds is 8. The molecule has 0 spiro atoms. The van der Waals surface area contributed by atoms with Crippen LogP contribution in [0.15, 0.2) is 0 Å². The molecule has 6 atom stereocenters. The Morgan fingerprint density at radius 2 is 1.67 bits per heavy atom. The van der Waals surface area contributed by atoms with E-state index in [1.54, 1.807) is 0 Å². The topological polar surface area (TPSA) is 229 Å². The van der Waals surface area contributed by atoms with Crippen molar-refractivity contribution in [1.29, 1.82) is 0 Å². The largest absolute Gasteiger partial charge is 0.480 e. The number of hydrogen-bond donors (Lipinski definition) is 8. The molecule has 0 bridgehead atoms. The molecule has 1 aliphatic heterocycles. The molecule has 1 aliphatic rings. The van der Waals surface area contributed by atoms with Gasteiger partial charge in [0.25, 0.3) is 0 Å². The predicted octanol–water partition coefficient (Wildman–Crippen LogP) is -3.65. The molecule has 1 fully saturated rings. The molecule has 204 valence electrons. The monoisotopic (exact) mass is 550 g/mol. The number of nitrogens with two attached hydrogens (primary N) is 1. The van der Waals surface area contributed by atoms with Gasteiger partial charge in [-0.05, 0) is 32.4 Å². The average Bonchev–Trinajstić information content (AvgIpc) is 2.81. The normalized spacial score (nSPS) is 28.9. The fraction of sp³-hybridized carbons (Fsp3) is 0.700. The van der Waals surface area contributed by atoms with E-state index in [2.05, 4.69) is 26.6 Å². The summed E-state index contributed by atoms with van der Waals surface area (Å²) in [5.74, 6) is -4.84. The van der Waals surface area contributed by atoms with Gasteiger partial charge in [0.2, 0.25) is 29.5 Å². The number of carbonyl (C=O) groups is 6. The Morgan fingerprint density at radius 3 is 2.19 bits per heavy atom. The SMILES string of the molecule is CN[C@H]1CSC(C(=O)O)C(CCSC)NC(=O)[C@H](CC(N)=O)NC(=O)[C@H](C)NC(=O)C(CO)NC1=O. The Labute approximate surface area is 217 Å². The second-order valence-electron chi connectivity index (χ2n) is 8.04. The quantitative estimate of drug-likeness (QED) is 0.147. The summed E-state index contributed by atoms with van der Waals surface area (Å²) < 4.78 is 0. The minimum atomic E-state index is -1.42. The lowest BCUT2D eigenvalue weighted by atomic mass is 10.1. The van der Waals surface area contributed by atoms with Crippen LogP contribution < -0.4 is 32.3 Å². The van der Waals surface area contributed by atoms with Crippen molar-refractivity contribution < 1.29 is 39.0 Å². The second-order valence-corrected chi connectivity index (χ2v) is 10.2. The van der Waals surface area contributed by atoms with E-state index in [1.807, 2.05) is 6.26 Å². The van der Waals surface area contributed by atoms with Crippen LogP contribution >= 0.6 is 23.5 Å². The van der Waals surface area contributed by atoms with Crippen molar-refractivity contribution in [3.05, 3.63) is 0 Å². The summed E-state index contributed by atoms with van der Waals surface area (Å²) in [5, 5.41) is 30.7. The number of hydrogen-bond acceptors (Lipinski definition) is 10. The maximum Gasteiger partial charge on any atom is 0.318 e. The lowest BCUT2D eigenvalue weighted by Gasteiger charge is -2.29. The zero-order chi connectivity index (χ0) is 27.4. The van der Waals surface area contributed by atoms with Gasteiger partial charge in [-0.25, -0.2) is 0 Å². The number of primary amides is 1. The van der Waals surface area contributed by atoms with Gasteiger partial charge in [-0.1, -0.05) is 0 Å². The third-order valence-corrected chi connectivity index (χ3v) is 7.34. The molecule has 1 heterocycles. The van der Waals surface area contributed by atoms with Crippen LogP contribution in [0.3, 0.4) is 0 Å². The molecule has 1 saturated heterocycles. The molecule has 0 aromatic carbocycles. The molecule has 0 aromatic heterocycles. The summed E-state index contributed by atoms with van der Waals surface area (Å²) in [6.07, 6.45) is 1.50. The predicted molar refractivity (Wildman–Crippen MR) is 134 cm³/mol. The van der Waals surface area contributed by atoms with Gasteiger partial charge in [0.15, 0.2) is 0 Å². The molecule has 16 heteroatoms. The van der Waals surface area contributed by atoms with E-state index < -0.39 is 84.0 Å². The molecule has 9 N–H and O–H groups in total. The Bertz CT molecular complexity index is 832. The van der Waals surface area contributed by atoms with Crippen LogP contribution in [0.5, 0.6) is 0 Å². The number of aliphatic carboxylic acids is 1. The fourth-order valence-corrected chi connectivity index (χ4v) is 5.02. The number of carboxylic acid groups (broad SMARTS) is 1. The highest BCUT2D eigenvalue weighted by Gasteiger charge is 2.35. The van der Waals surface area contributed by atoms with Crippen LogP contribution in [0.4, 0.5) is 0 Å². The first-order valence-corrected chi connectivity index (χ1v) is 13.5. The van der Waals surface area contributed by atoms with Crippen LogP contribution in [-0.2, 0) is 28.8 Å². The molecule has 0 radical (unpaired) electrons. The van der Waals surface area contributed by atoms with Crippen molar-refractivity contribution in [2.45, 2.75) is 55.2 Å². The van der Waals surface area contributed by atoms with E-state index >= 15 is 0 Å². The van der Waals surface area contributed by atoms with Crippen molar-refractivity contribution in [3.8, 4) is 0 Å². The lowest BCUT2D eigenvalue weighted by molar-refractivity contribution is -0.138. The van der Waals surface area contributed by atoms with E-state index in [1.165, 1.54) is 25.7 Å². The molecule has 5 amide bonds. The molecule has 0 saturated carbocycles. The zero-order valence-electron chi connectivity index (χ0n) is 20.2. The van der Waals surface area contributed by atoms with E-state index in [4.69, 9.17) is 5.73 Å². The molecule has 14 nitrogen and oxygen atoms in total. The maximum atomic E-state index is 13.0. The number of nitrogens with one attached hydrogen (secondary N) is 5. The van der Waals surface area contributed by atoms with Crippen molar-refractivity contribution >= 4 is 59.0 Å². The van der Waals surface area contributed by atoms with Gasteiger partial charge >= 0.3 is 5.97 Å². The summed E-state index contributed by atoms with van der Waals surface area (Å²) in [6.45, 7) is 0.539. The van der Waals surface area contributed by atoms with Crippen molar-refractivity contribution in [3.63, 3.8) is 0 Å². The second kappa shape index (κ2) is 15.5. The van der Waals surface area contributed by atoms with E-state index in [0.29, 0.717) is 5.75 Å². The van der Waals surface area contributed by atoms with Crippen LogP contribution in [0, 0.1) is 0 Å². The summed E-state index contributed by atoms with van der Waals surface area (Å²) >= 11 is 2.33. The third-order valence-electron chi connectivity index (χ3n) is 5.28. The van der Waals surface area contributed by atoms with Crippen molar-refractivity contribution in [2.24, 2.45) is 5.73 Å². The van der Waals surface area contributed by atoms with Gasteiger partial charge in [0.1, 0.15) is 23.4 Å². The number of aliphatic hydroxyl groups excluding tert-OH is 1. The standard InChI is InChI=1S/C20H34N6O8S2/c1-9-16(29)25-11(6-14(21)28)17(30)24-10(4-5-35-3)15(20(33)34)36-8-13(22-2)19(32)26-12(7-27)18(31)23-9/h9-13,15,22,27H,4-8H2,1-3H3,(H2,21,28)(H,23,31)(H,24,30)(H,25,29)(H,26,32)(H,33,34)/t9-,10?,11-,12?,13-,15?/m0/s1. The third kappa shape index (κ3) is 9.83. The van der Waals surface area contributed by atoms with Crippen LogP contribution in [0.2, 0.25) is 0 Å². The Morgan fingerprint density at radius 1 is 1.06 bits per heavy atom. The Kier molecular flexibility index (Phi) is 13.6. The maximum absolute atomic E-state index is 13.0. The number of aliphatic hydroxyl groups is 1. The molecule has 1 rings (SSSR count). The van der Waals surface area contributed by atoms with Gasteiger partial charge in [0.05, 0.1) is 25.1 Å². The number of thioether (sulfide) groups is 2. The van der Waals surface area contributed by atoms with Gasteiger partial charge in [-0.2, -0.15) is 11.8 Å². The molecular formula is C20H34N6O8S2. The van der Waals surface area contributed by atoms with Crippen molar-refractivity contribution in [1.82, 2.24) is 26.6 Å². The van der Waals surface area contributed by atoms with E-state index in [-0.39, 0.29) is 12.2 Å². The Hall–Kier alpha value is -2.56. The van der Waals surface area contributed by atoms with E-state index in [9.17, 15) is 39.0 Å². The average molecular weight is 551 g/mol. The molecule has 0 aromatic rings. The number of carbonyl (C=O) groups excluding carboxylic acids is 5. The summed E-state index contributed by atoms with van der Waals surface area (Å²) in [4.78, 5) is 74.6. The van der Waals surface area contributed by atoms with Gasteiger partial charge < -0.3 is 42.5 Å². The summed E-state index contributed by atoms with van der Waals surface area (Å²) in [7, 11) is 1.47. The van der Waals surface area contributed by atoms with Gasteiger partial charge in [-0.3, -0.25) is 28.8 Å². The van der Waals surface area contributed by atoms with Crippen LogP contribution in [0.25, 0.3) is 0 Å². The fourth-order valence-electron chi connectivity index (χ4n) is 3.23. The number of carboxylic acids is 1. The van der Waals surface area contributed by atoms with E-state index in [0.717, 1.165) is 11.8 Å². The lowest BCUT2D eigenvalue weighted by Crippen LogP contribution is -2.60. The number of likely N-dealkylation sites (N-methyl/N-ethyl adjacent to an activating group) is 1.